The van der Waals surface area contributed by atoms with Gasteiger partial charge in [-0.2, -0.15) is 0 Å². The zero-order valence-corrected chi connectivity index (χ0v) is 17.7. The van der Waals surface area contributed by atoms with Crippen LogP contribution < -0.4 is 15.5 Å². The fourth-order valence-electron chi connectivity index (χ4n) is 4.74. The Hall–Kier alpha value is -3.68. The maximum Gasteiger partial charge on any atom is 0.328 e. The van der Waals surface area contributed by atoms with E-state index in [0.717, 1.165) is 36.7 Å². The Morgan fingerprint density at radius 3 is 2.66 bits per heavy atom. The molecule has 3 heterocycles. The summed E-state index contributed by atoms with van der Waals surface area (Å²) in [5.41, 5.74) is 1.97. The van der Waals surface area contributed by atoms with Gasteiger partial charge in [0.25, 0.3) is 5.91 Å². The molecule has 0 bridgehead atoms. The van der Waals surface area contributed by atoms with Gasteiger partial charge in [0.2, 0.25) is 5.91 Å². The van der Waals surface area contributed by atoms with E-state index in [1.165, 1.54) is 4.90 Å². The SMILES string of the molecule is O=C1CCN(c2ccccc2C(=O)NC2CCC(n3ccc4cccnc43)CC2)C(=O)N1. The van der Waals surface area contributed by atoms with E-state index >= 15 is 0 Å². The zero-order valence-electron chi connectivity index (χ0n) is 17.7. The first-order chi connectivity index (χ1) is 15.6. The van der Waals surface area contributed by atoms with Crippen LogP contribution in [-0.4, -0.2) is 40.0 Å². The smallest absolute Gasteiger partial charge is 0.328 e. The summed E-state index contributed by atoms with van der Waals surface area (Å²) in [6, 6.07) is 13.1. The molecule has 1 aromatic carbocycles. The maximum atomic E-state index is 13.1. The van der Waals surface area contributed by atoms with Crippen LogP contribution in [0.1, 0.15) is 48.5 Å². The number of imide groups is 1. The predicted molar refractivity (Wildman–Crippen MR) is 120 cm³/mol. The van der Waals surface area contributed by atoms with Crippen molar-refractivity contribution in [2.45, 2.75) is 44.2 Å². The summed E-state index contributed by atoms with van der Waals surface area (Å²) < 4.78 is 2.25. The number of benzene rings is 1. The molecule has 4 amide bonds. The molecule has 1 saturated carbocycles. The molecule has 2 aromatic heterocycles. The summed E-state index contributed by atoms with van der Waals surface area (Å²) in [5, 5.41) is 6.61. The number of rotatable bonds is 4. The Morgan fingerprint density at radius 1 is 1.03 bits per heavy atom. The molecule has 0 radical (unpaired) electrons. The van der Waals surface area contributed by atoms with E-state index in [4.69, 9.17) is 0 Å². The number of fused-ring (bicyclic) bond motifs is 1. The van der Waals surface area contributed by atoms with E-state index in [1.807, 2.05) is 12.3 Å². The normalized spacial score (nSPS) is 21.4. The van der Waals surface area contributed by atoms with Gasteiger partial charge in [0.15, 0.2) is 0 Å². The van der Waals surface area contributed by atoms with Gasteiger partial charge < -0.3 is 9.88 Å². The number of amides is 4. The quantitative estimate of drug-likeness (QED) is 0.662. The molecule has 8 heteroatoms. The number of urea groups is 1. The molecule has 1 saturated heterocycles. The van der Waals surface area contributed by atoms with Crippen LogP contribution in [0.25, 0.3) is 11.0 Å². The van der Waals surface area contributed by atoms with E-state index in [-0.39, 0.29) is 30.8 Å². The van der Waals surface area contributed by atoms with Crippen LogP contribution in [0.4, 0.5) is 10.5 Å². The van der Waals surface area contributed by atoms with Gasteiger partial charge in [0.1, 0.15) is 5.65 Å². The van der Waals surface area contributed by atoms with Crippen molar-refractivity contribution >= 4 is 34.6 Å². The van der Waals surface area contributed by atoms with Crippen LogP contribution in [0.15, 0.2) is 54.9 Å². The Labute approximate surface area is 185 Å². The molecule has 8 nitrogen and oxygen atoms in total. The number of anilines is 1. The van der Waals surface area contributed by atoms with Crippen molar-refractivity contribution < 1.29 is 14.4 Å². The number of carbonyl (C=O) groups excluding carboxylic acids is 3. The number of pyridine rings is 1. The molecule has 1 aliphatic heterocycles. The zero-order chi connectivity index (χ0) is 22.1. The molecule has 0 atom stereocenters. The van der Waals surface area contributed by atoms with Gasteiger partial charge in [-0.05, 0) is 56.0 Å². The van der Waals surface area contributed by atoms with Crippen LogP contribution in [-0.2, 0) is 4.79 Å². The van der Waals surface area contributed by atoms with Crippen molar-refractivity contribution in [3.05, 3.63) is 60.4 Å². The van der Waals surface area contributed by atoms with E-state index in [9.17, 15) is 14.4 Å². The maximum absolute atomic E-state index is 13.1. The van der Waals surface area contributed by atoms with Crippen LogP contribution in [0.2, 0.25) is 0 Å². The number of hydrogen-bond donors (Lipinski definition) is 2. The van der Waals surface area contributed by atoms with Crippen LogP contribution in [0.3, 0.4) is 0 Å². The average Bonchev–Trinajstić information content (AvgIpc) is 3.24. The minimum absolute atomic E-state index is 0.0818. The molecule has 5 rings (SSSR count). The predicted octanol–water partition coefficient (Wildman–Crippen LogP) is 3.40. The number of nitrogens with one attached hydrogen (secondary N) is 2. The average molecular weight is 431 g/mol. The third-order valence-electron chi connectivity index (χ3n) is 6.39. The number of hydrogen-bond acceptors (Lipinski definition) is 4. The number of carbonyl (C=O) groups is 3. The standard InChI is InChI=1S/C24H25N5O3/c30-21-12-15-29(24(32)27-21)20-6-2-1-5-19(20)23(31)26-17-7-9-18(10-8-17)28-14-11-16-4-3-13-25-22(16)28/h1-6,11,13-14,17-18H,7-10,12,15H2,(H,26,31)(H,27,30,32). The molecule has 164 valence electrons. The van der Waals surface area contributed by atoms with Crippen LogP contribution in [0, 0.1) is 0 Å². The van der Waals surface area contributed by atoms with Gasteiger partial charge in [-0.3, -0.25) is 19.8 Å². The van der Waals surface area contributed by atoms with Gasteiger partial charge in [-0.1, -0.05) is 12.1 Å². The Morgan fingerprint density at radius 2 is 1.84 bits per heavy atom. The second-order valence-electron chi connectivity index (χ2n) is 8.39. The Bertz CT molecular complexity index is 1180. The van der Waals surface area contributed by atoms with Crippen molar-refractivity contribution in [3.63, 3.8) is 0 Å². The lowest BCUT2D eigenvalue weighted by molar-refractivity contribution is -0.120. The minimum atomic E-state index is -0.491. The lowest BCUT2D eigenvalue weighted by Gasteiger charge is -2.31. The molecule has 3 aromatic rings. The second-order valence-corrected chi connectivity index (χ2v) is 8.39. The Kier molecular flexibility index (Phi) is 5.34. The minimum Gasteiger partial charge on any atom is -0.349 e. The molecule has 1 aliphatic carbocycles. The van der Waals surface area contributed by atoms with Crippen molar-refractivity contribution in [1.82, 2.24) is 20.2 Å². The molecular formula is C24H25N5O3. The van der Waals surface area contributed by atoms with E-state index < -0.39 is 6.03 Å². The molecule has 32 heavy (non-hydrogen) atoms. The van der Waals surface area contributed by atoms with Crippen LogP contribution >= 0.6 is 0 Å². The van der Waals surface area contributed by atoms with Crippen molar-refractivity contribution in [2.24, 2.45) is 0 Å². The van der Waals surface area contributed by atoms with Crippen molar-refractivity contribution in [1.29, 1.82) is 0 Å². The largest absolute Gasteiger partial charge is 0.349 e. The number of para-hydroxylation sites is 1. The highest BCUT2D eigenvalue weighted by Crippen LogP contribution is 2.32. The first-order valence-corrected chi connectivity index (χ1v) is 11.0. The van der Waals surface area contributed by atoms with E-state index in [1.54, 1.807) is 24.3 Å². The lowest BCUT2D eigenvalue weighted by atomic mass is 9.90. The molecule has 2 fully saturated rings. The summed E-state index contributed by atoms with van der Waals surface area (Å²) in [6.07, 6.45) is 7.82. The topological polar surface area (TPSA) is 96.3 Å². The van der Waals surface area contributed by atoms with E-state index in [0.29, 0.717) is 17.3 Å². The van der Waals surface area contributed by atoms with Crippen molar-refractivity contribution in [3.8, 4) is 0 Å². The number of aromatic nitrogens is 2. The van der Waals surface area contributed by atoms with Crippen LogP contribution in [0.5, 0.6) is 0 Å². The van der Waals surface area contributed by atoms with Gasteiger partial charge in [-0.15, -0.1) is 0 Å². The van der Waals surface area contributed by atoms with Gasteiger partial charge in [0.05, 0.1) is 11.3 Å². The molecule has 2 N–H and O–H groups in total. The summed E-state index contributed by atoms with van der Waals surface area (Å²) in [6.45, 7) is 0.263. The van der Waals surface area contributed by atoms with Gasteiger partial charge in [0, 0.05) is 42.8 Å². The fraction of sp³-hybridized carbons (Fsp3) is 0.333. The first kappa shape index (κ1) is 20.2. The highest BCUT2D eigenvalue weighted by Gasteiger charge is 2.29. The third kappa shape index (κ3) is 3.84. The lowest BCUT2D eigenvalue weighted by Crippen LogP contribution is -2.50. The summed E-state index contributed by atoms with van der Waals surface area (Å²) in [5.74, 6) is -0.488. The Balaban J connectivity index is 1.25. The van der Waals surface area contributed by atoms with Crippen molar-refractivity contribution in [2.75, 3.05) is 11.4 Å². The third-order valence-corrected chi connectivity index (χ3v) is 6.39. The summed E-state index contributed by atoms with van der Waals surface area (Å²) in [4.78, 5) is 42.8. The summed E-state index contributed by atoms with van der Waals surface area (Å²) in [7, 11) is 0. The monoisotopic (exact) mass is 431 g/mol. The van der Waals surface area contributed by atoms with Gasteiger partial charge in [-0.25, -0.2) is 9.78 Å². The molecule has 2 aliphatic rings. The highest BCUT2D eigenvalue weighted by atomic mass is 16.2. The second kappa shape index (κ2) is 8.45. The van der Waals surface area contributed by atoms with Gasteiger partial charge >= 0.3 is 6.03 Å². The number of nitrogens with zero attached hydrogens (tertiary/aromatic N) is 3. The molecule has 0 unspecified atom stereocenters. The fourth-order valence-corrected chi connectivity index (χ4v) is 4.74. The van der Waals surface area contributed by atoms with E-state index in [2.05, 4.69) is 38.5 Å². The molecule has 0 spiro atoms. The molecular weight excluding hydrogens is 406 g/mol. The highest BCUT2D eigenvalue weighted by molar-refractivity contribution is 6.09. The summed E-state index contributed by atoms with van der Waals surface area (Å²) >= 11 is 0. The first-order valence-electron chi connectivity index (χ1n) is 11.0.